The van der Waals surface area contributed by atoms with Crippen LogP contribution in [0.2, 0.25) is 0 Å². The van der Waals surface area contributed by atoms with E-state index < -0.39 is 6.36 Å². The normalized spacial score (nSPS) is 12.1. The van der Waals surface area contributed by atoms with Crippen molar-refractivity contribution in [2.75, 3.05) is 11.9 Å². The van der Waals surface area contributed by atoms with E-state index >= 15 is 0 Å². The topological polar surface area (TPSA) is 54.4 Å². The van der Waals surface area contributed by atoms with Crippen LogP contribution in [0, 0.1) is 0 Å². The average molecular weight is 380 g/mol. The molecule has 2 aromatic rings. The molecule has 0 fully saturated rings. The Labute approximate surface area is 156 Å². The molecule has 4 nitrogen and oxygen atoms in total. The molecule has 0 aliphatic heterocycles. The molecule has 2 rings (SSSR count). The van der Waals surface area contributed by atoms with Crippen molar-refractivity contribution in [2.24, 2.45) is 0 Å². The van der Waals surface area contributed by atoms with Crippen molar-refractivity contribution in [1.29, 1.82) is 0 Å². The maximum Gasteiger partial charge on any atom is 0.573 e. The van der Waals surface area contributed by atoms with Gasteiger partial charge in [-0.25, -0.2) is 4.98 Å². The number of aliphatic hydroxyl groups excluding tert-OH is 1. The monoisotopic (exact) mass is 380 g/mol. The fourth-order valence-corrected chi connectivity index (χ4v) is 2.83. The number of nitrogens with one attached hydrogen (secondary N) is 1. The largest absolute Gasteiger partial charge is 0.573 e. The molecule has 0 spiro atoms. The Kier molecular flexibility index (Phi) is 7.24. The van der Waals surface area contributed by atoms with Gasteiger partial charge in [0.25, 0.3) is 0 Å². The summed E-state index contributed by atoms with van der Waals surface area (Å²) in [5.41, 5.74) is 3.58. The number of alkyl halides is 3. The van der Waals surface area contributed by atoms with Crippen molar-refractivity contribution >= 4 is 17.1 Å². The standard InChI is InChI=1S/C20H23F3N2O2/c1-3-5-14(4-2)18-15(11-13-26)10-12-24-19(18)25-16-6-8-17(9-7-16)27-20(21,22)23/h5-10,12,26H,3-4,11,13H2,1-2H3,(H,24,25)/b14-5+. The first-order valence-electron chi connectivity index (χ1n) is 8.78. The lowest BCUT2D eigenvalue weighted by atomic mass is 9.96. The maximum atomic E-state index is 12.3. The van der Waals surface area contributed by atoms with Crippen LogP contribution in [0.25, 0.3) is 5.57 Å². The van der Waals surface area contributed by atoms with Gasteiger partial charge in [-0.15, -0.1) is 13.2 Å². The minimum absolute atomic E-state index is 0.0169. The molecule has 2 N–H and O–H groups in total. The predicted molar refractivity (Wildman–Crippen MR) is 100.0 cm³/mol. The Balaban J connectivity index is 2.35. The number of rotatable bonds is 8. The number of aromatic nitrogens is 1. The van der Waals surface area contributed by atoms with E-state index in [9.17, 15) is 18.3 Å². The van der Waals surface area contributed by atoms with E-state index in [0.717, 1.165) is 29.5 Å². The van der Waals surface area contributed by atoms with Gasteiger partial charge >= 0.3 is 6.36 Å². The van der Waals surface area contributed by atoms with E-state index in [1.165, 1.54) is 24.3 Å². The summed E-state index contributed by atoms with van der Waals surface area (Å²) in [7, 11) is 0. The molecule has 0 aliphatic rings. The summed E-state index contributed by atoms with van der Waals surface area (Å²) in [6, 6.07) is 7.36. The van der Waals surface area contributed by atoms with Gasteiger partial charge in [0.2, 0.25) is 0 Å². The molecule has 27 heavy (non-hydrogen) atoms. The second-order valence-corrected chi connectivity index (χ2v) is 5.86. The molecule has 0 bridgehead atoms. The lowest BCUT2D eigenvalue weighted by Gasteiger charge is -2.17. The van der Waals surface area contributed by atoms with Gasteiger partial charge < -0.3 is 15.2 Å². The van der Waals surface area contributed by atoms with Gasteiger partial charge in [0.15, 0.2) is 0 Å². The minimum atomic E-state index is -4.72. The van der Waals surface area contributed by atoms with Crippen molar-refractivity contribution in [3.8, 4) is 5.75 Å². The summed E-state index contributed by atoms with van der Waals surface area (Å²) < 4.78 is 40.7. The van der Waals surface area contributed by atoms with E-state index in [1.54, 1.807) is 6.20 Å². The first kappa shape index (κ1) is 20.8. The van der Waals surface area contributed by atoms with Gasteiger partial charge in [-0.05, 0) is 60.7 Å². The number of hydrogen-bond donors (Lipinski definition) is 2. The lowest BCUT2D eigenvalue weighted by Crippen LogP contribution is -2.17. The maximum absolute atomic E-state index is 12.3. The quantitative estimate of drug-likeness (QED) is 0.638. The highest BCUT2D eigenvalue weighted by Gasteiger charge is 2.30. The molecular weight excluding hydrogens is 357 g/mol. The molecule has 1 aromatic carbocycles. The Morgan fingerprint density at radius 3 is 2.44 bits per heavy atom. The van der Waals surface area contributed by atoms with Crippen LogP contribution >= 0.6 is 0 Å². The highest BCUT2D eigenvalue weighted by molar-refractivity contribution is 5.79. The summed E-state index contributed by atoms with van der Waals surface area (Å²) in [4.78, 5) is 4.41. The third-order valence-electron chi connectivity index (χ3n) is 3.92. The molecule has 0 saturated carbocycles. The Morgan fingerprint density at radius 2 is 1.89 bits per heavy atom. The zero-order valence-corrected chi connectivity index (χ0v) is 15.3. The molecule has 146 valence electrons. The SMILES string of the molecule is CC/C=C(\CC)c1c(CCO)ccnc1Nc1ccc(OC(F)(F)F)cc1. The van der Waals surface area contributed by atoms with Gasteiger partial charge in [0, 0.05) is 24.1 Å². The average Bonchev–Trinajstić information content (AvgIpc) is 2.61. The van der Waals surface area contributed by atoms with Crippen LogP contribution in [0.5, 0.6) is 5.75 Å². The van der Waals surface area contributed by atoms with E-state index in [-0.39, 0.29) is 12.4 Å². The number of aliphatic hydroxyl groups is 1. The molecule has 1 aromatic heterocycles. The predicted octanol–water partition coefficient (Wildman–Crippen LogP) is 5.46. The number of benzene rings is 1. The van der Waals surface area contributed by atoms with E-state index in [2.05, 4.69) is 21.1 Å². The minimum Gasteiger partial charge on any atom is -0.406 e. The van der Waals surface area contributed by atoms with E-state index in [0.29, 0.717) is 17.9 Å². The molecule has 0 radical (unpaired) electrons. The van der Waals surface area contributed by atoms with Crippen molar-refractivity contribution in [3.05, 3.63) is 53.7 Å². The third-order valence-corrected chi connectivity index (χ3v) is 3.92. The summed E-state index contributed by atoms with van der Waals surface area (Å²) in [6.45, 7) is 4.11. The fourth-order valence-electron chi connectivity index (χ4n) is 2.83. The zero-order valence-electron chi connectivity index (χ0n) is 15.3. The van der Waals surface area contributed by atoms with Crippen LogP contribution in [-0.2, 0) is 6.42 Å². The zero-order chi connectivity index (χ0) is 19.9. The Bertz CT molecular complexity index is 772. The van der Waals surface area contributed by atoms with Crippen LogP contribution in [-0.4, -0.2) is 23.1 Å². The molecule has 0 aliphatic carbocycles. The van der Waals surface area contributed by atoms with Gasteiger partial charge in [-0.1, -0.05) is 19.9 Å². The molecule has 0 amide bonds. The summed E-state index contributed by atoms with van der Waals surface area (Å²) in [5.74, 6) is 0.322. The lowest BCUT2D eigenvalue weighted by molar-refractivity contribution is -0.274. The number of nitrogens with zero attached hydrogens (tertiary/aromatic N) is 1. The van der Waals surface area contributed by atoms with Crippen molar-refractivity contribution in [1.82, 2.24) is 4.98 Å². The highest BCUT2D eigenvalue weighted by Crippen LogP contribution is 2.32. The van der Waals surface area contributed by atoms with E-state index in [1.807, 2.05) is 19.9 Å². The molecule has 0 unspecified atom stereocenters. The summed E-state index contributed by atoms with van der Waals surface area (Å²) >= 11 is 0. The number of anilines is 2. The van der Waals surface area contributed by atoms with Crippen LogP contribution in [0.15, 0.2) is 42.6 Å². The highest BCUT2D eigenvalue weighted by atomic mass is 19.4. The van der Waals surface area contributed by atoms with Gasteiger partial charge in [0.05, 0.1) is 0 Å². The Hall–Kier alpha value is -2.54. The van der Waals surface area contributed by atoms with Gasteiger partial charge in [-0.2, -0.15) is 0 Å². The van der Waals surface area contributed by atoms with Crippen LogP contribution in [0.1, 0.15) is 37.8 Å². The molecule has 7 heteroatoms. The second kappa shape index (κ2) is 9.41. The van der Waals surface area contributed by atoms with Crippen LogP contribution < -0.4 is 10.1 Å². The first-order chi connectivity index (χ1) is 12.9. The van der Waals surface area contributed by atoms with Crippen molar-refractivity contribution in [2.45, 2.75) is 39.5 Å². The second-order valence-electron chi connectivity index (χ2n) is 5.86. The van der Waals surface area contributed by atoms with Gasteiger partial charge in [0.1, 0.15) is 11.6 Å². The molecule has 1 heterocycles. The summed E-state index contributed by atoms with van der Waals surface area (Å²) in [5, 5.41) is 12.5. The van der Waals surface area contributed by atoms with Crippen molar-refractivity contribution in [3.63, 3.8) is 0 Å². The van der Waals surface area contributed by atoms with Gasteiger partial charge in [-0.3, -0.25) is 0 Å². The number of ether oxygens (including phenoxy) is 1. The molecular formula is C20H23F3N2O2. The fraction of sp³-hybridized carbons (Fsp3) is 0.350. The summed E-state index contributed by atoms with van der Waals surface area (Å²) in [6.07, 6.45) is 1.19. The smallest absolute Gasteiger partial charge is 0.406 e. The van der Waals surface area contributed by atoms with Crippen LogP contribution in [0.4, 0.5) is 24.7 Å². The number of hydrogen-bond acceptors (Lipinski definition) is 4. The third kappa shape index (κ3) is 5.99. The number of allylic oxidation sites excluding steroid dienone is 2. The van der Waals surface area contributed by atoms with Crippen molar-refractivity contribution < 1.29 is 23.0 Å². The Morgan fingerprint density at radius 1 is 1.19 bits per heavy atom. The number of pyridine rings is 1. The van der Waals surface area contributed by atoms with Crippen LogP contribution in [0.3, 0.4) is 0 Å². The number of halogens is 3. The van der Waals surface area contributed by atoms with E-state index in [4.69, 9.17) is 0 Å². The first-order valence-corrected chi connectivity index (χ1v) is 8.78. The molecule has 0 saturated heterocycles. The molecule has 0 atom stereocenters.